The molecule has 5 atom stereocenters. The zero-order valence-corrected chi connectivity index (χ0v) is 30.7. The molecule has 0 unspecified atom stereocenters. The molecule has 3 aliphatic heterocycles. The number of amides is 1. The summed E-state index contributed by atoms with van der Waals surface area (Å²) >= 11 is 6.47. The van der Waals surface area contributed by atoms with Gasteiger partial charge in [-0.15, -0.1) is 0 Å². The average molecular weight is 714 g/mol. The number of halogens is 1. The van der Waals surface area contributed by atoms with Gasteiger partial charge in [0.2, 0.25) is 10.0 Å². The van der Waals surface area contributed by atoms with Gasteiger partial charge < -0.3 is 24.0 Å². The van der Waals surface area contributed by atoms with Crippen LogP contribution in [0.2, 0.25) is 5.02 Å². The van der Waals surface area contributed by atoms with Gasteiger partial charge in [0.05, 0.1) is 36.8 Å². The maximum Gasteiger partial charge on any atom is 0.264 e. The normalized spacial score (nSPS) is 33.4. The molecule has 268 valence electrons. The lowest BCUT2D eigenvalue weighted by atomic mass is 9.64. The second-order valence-electron chi connectivity index (χ2n) is 15.4. The Labute approximate surface area is 297 Å². The number of carbonyl (C=O) groups excluding carboxylic acids is 1. The molecule has 2 bridgehead atoms. The zero-order valence-electron chi connectivity index (χ0n) is 29.2. The Bertz CT molecular complexity index is 1630. The van der Waals surface area contributed by atoms with Gasteiger partial charge in [0.25, 0.3) is 5.91 Å². The fourth-order valence-electron chi connectivity index (χ4n) is 9.13. The molecule has 7 rings (SSSR count). The standard InChI is InChI=1S/C38H52ClN3O6S/c1-4-30-9-5-6-10-32(37-46-21-29(22-47-37)41(2)3)31-14-11-27(31)20-42-23-38(17-7-8-25-18-28(39)13-15-33(25)38)24-48-35-16-12-26(19-34(35)42)36(43)40-49(30,44)45/h12-13,15-16,18-19,27,29-32,37H,4-11,14,17,20-24H2,1-3H3,(H,40,43)/t27-,29?,30+,31-,32+,37?,38-/m0/s1. The Balaban J connectivity index is 1.26. The van der Waals surface area contributed by atoms with E-state index in [-0.39, 0.29) is 23.7 Å². The highest BCUT2D eigenvalue weighted by atomic mass is 35.5. The Morgan fingerprint density at radius 1 is 1.00 bits per heavy atom. The molecule has 5 aliphatic rings. The van der Waals surface area contributed by atoms with Crippen LogP contribution < -0.4 is 14.4 Å². The van der Waals surface area contributed by atoms with E-state index in [1.807, 2.05) is 25.1 Å². The molecule has 2 aromatic rings. The largest absolute Gasteiger partial charge is 0.490 e. The Morgan fingerprint density at radius 3 is 2.53 bits per heavy atom. The lowest BCUT2D eigenvalue weighted by Gasteiger charge is -2.49. The minimum absolute atomic E-state index is 0.228. The lowest BCUT2D eigenvalue weighted by Crippen LogP contribution is -2.52. The predicted molar refractivity (Wildman–Crippen MR) is 192 cm³/mol. The molecule has 1 N–H and O–H groups in total. The highest BCUT2D eigenvalue weighted by Crippen LogP contribution is 2.49. The van der Waals surface area contributed by atoms with Crippen molar-refractivity contribution in [2.75, 3.05) is 51.9 Å². The molecule has 1 spiro atoms. The number of anilines is 1. The van der Waals surface area contributed by atoms with E-state index in [1.54, 1.807) is 6.07 Å². The van der Waals surface area contributed by atoms with Gasteiger partial charge in [0.15, 0.2) is 6.29 Å². The third-order valence-corrected chi connectivity index (χ3v) is 14.4. The summed E-state index contributed by atoms with van der Waals surface area (Å²) in [4.78, 5) is 18.2. The summed E-state index contributed by atoms with van der Waals surface area (Å²) in [6.45, 7) is 5.25. The van der Waals surface area contributed by atoms with Crippen LogP contribution in [-0.2, 0) is 31.3 Å². The van der Waals surface area contributed by atoms with Crippen molar-refractivity contribution in [3.05, 3.63) is 58.1 Å². The van der Waals surface area contributed by atoms with Gasteiger partial charge in [-0.05, 0) is 119 Å². The molecule has 49 heavy (non-hydrogen) atoms. The van der Waals surface area contributed by atoms with Crippen molar-refractivity contribution in [2.45, 2.75) is 94.1 Å². The molecule has 1 saturated heterocycles. The van der Waals surface area contributed by atoms with Crippen molar-refractivity contribution in [3.63, 3.8) is 0 Å². The number of fused-ring (bicyclic) bond motifs is 4. The summed E-state index contributed by atoms with van der Waals surface area (Å²) in [5, 5.41) is 0.115. The highest BCUT2D eigenvalue weighted by Gasteiger charge is 2.46. The van der Waals surface area contributed by atoms with E-state index in [1.165, 1.54) is 11.1 Å². The van der Waals surface area contributed by atoms with Gasteiger partial charge in [-0.1, -0.05) is 37.4 Å². The number of sulfonamides is 1. The monoisotopic (exact) mass is 713 g/mol. The topological polar surface area (TPSA) is 97.4 Å². The van der Waals surface area contributed by atoms with Crippen molar-refractivity contribution in [3.8, 4) is 5.75 Å². The predicted octanol–water partition coefficient (Wildman–Crippen LogP) is 6.17. The smallest absolute Gasteiger partial charge is 0.264 e. The highest BCUT2D eigenvalue weighted by molar-refractivity contribution is 7.90. The number of ether oxygens (including phenoxy) is 3. The van der Waals surface area contributed by atoms with E-state index in [0.29, 0.717) is 50.1 Å². The van der Waals surface area contributed by atoms with E-state index in [4.69, 9.17) is 25.8 Å². The zero-order chi connectivity index (χ0) is 34.3. The first-order valence-corrected chi connectivity index (χ1v) is 20.3. The third kappa shape index (κ3) is 7.10. The average Bonchev–Trinajstić information content (AvgIpc) is 3.22. The van der Waals surface area contributed by atoms with Crippen molar-refractivity contribution < 1.29 is 27.4 Å². The second kappa shape index (κ2) is 14.3. The number of nitrogens with zero attached hydrogens (tertiary/aromatic N) is 2. The van der Waals surface area contributed by atoms with E-state index in [0.717, 1.165) is 80.9 Å². The van der Waals surface area contributed by atoms with Crippen LogP contribution in [0.5, 0.6) is 5.75 Å². The van der Waals surface area contributed by atoms with Crippen LogP contribution in [0.1, 0.15) is 86.2 Å². The summed E-state index contributed by atoms with van der Waals surface area (Å²) < 4.78 is 49.0. The van der Waals surface area contributed by atoms with Gasteiger partial charge in [-0.3, -0.25) is 4.79 Å². The Hall–Kier alpha value is -2.37. The summed E-state index contributed by atoms with van der Waals surface area (Å²) in [6, 6.07) is 11.9. The first-order valence-electron chi connectivity index (χ1n) is 18.3. The maximum atomic E-state index is 13.6. The second-order valence-corrected chi connectivity index (χ2v) is 17.8. The van der Waals surface area contributed by atoms with Gasteiger partial charge in [0, 0.05) is 35.0 Å². The number of hydrogen-bond donors (Lipinski definition) is 1. The number of rotatable bonds is 3. The molecule has 0 aromatic heterocycles. The third-order valence-electron chi connectivity index (χ3n) is 12.2. The summed E-state index contributed by atoms with van der Waals surface area (Å²) in [5.74, 6) is 1.22. The van der Waals surface area contributed by atoms with Crippen LogP contribution in [0.15, 0.2) is 36.4 Å². The number of aryl methyl sites for hydroxylation is 1. The quantitative estimate of drug-likeness (QED) is 0.404. The first-order chi connectivity index (χ1) is 23.6. The molecule has 1 amide bonds. The number of benzene rings is 2. The molecular weight excluding hydrogens is 662 g/mol. The number of hydrogen-bond acceptors (Lipinski definition) is 8. The molecule has 1 saturated carbocycles. The van der Waals surface area contributed by atoms with Crippen molar-refractivity contribution in [1.82, 2.24) is 9.62 Å². The first kappa shape index (κ1) is 35.1. The van der Waals surface area contributed by atoms with Gasteiger partial charge >= 0.3 is 0 Å². The lowest BCUT2D eigenvalue weighted by molar-refractivity contribution is -0.240. The summed E-state index contributed by atoms with van der Waals surface area (Å²) in [7, 11) is 0.259. The van der Waals surface area contributed by atoms with Gasteiger partial charge in [0.1, 0.15) is 5.75 Å². The van der Waals surface area contributed by atoms with Crippen molar-refractivity contribution in [1.29, 1.82) is 0 Å². The van der Waals surface area contributed by atoms with Crippen LogP contribution in [0, 0.1) is 17.8 Å². The van der Waals surface area contributed by atoms with E-state index in [2.05, 4.69) is 40.7 Å². The minimum atomic E-state index is -3.87. The minimum Gasteiger partial charge on any atom is -0.490 e. The van der Waals surface area contributed by atoms with Crippen LogP contribution in [0.4, 0.5) is 5.69 Å². The molecular formula is C38H52ClN3O6S. The fraction of sp³-hybridized carbons (Fsp3) is 0.658. The molecule has 2 aromatic carbocycles. The van der Waals surface area contributed by atoms with Gasteiger partial charge in [-0.2, -0.15) is 0 Å². The van der Waals surface area contributed by atoms with E-state index in [9.17, 15) is 13.2 Å². The van der Waals surface area contributed by atoms with Crippen molar-refractivity contribution >= 4 is 33.2 Å². The number of likely N-dealkylation sites (N-methyl/N-ethyl adjacent to an activating group) is 1. The van der Waals surface area contributed by atoms with E-state index < -0.39 is 21.2 Å². The SMILES string of the molecule is CC[C@@H]1CCCC[C@@H](C2OCC(N(C)C)CO2)[C@H]2CC[C@H]2CN2C[C@@]3(CCCc4cc(Cl)ccc43)COc3ccc(cc32)C(=O)NS1(=O)=O. The summed E-state index contributed by atoms with van der Waals surface area (Å²) in [6.07, 6.45) is 8.53. The Morgan fingerprint density at radius 2 is 1.80 bits per heavy atom. The molecule has 3 heterocycles. The fourth-order valence-corrected chi connectivity index (χ4v) is 10.8. The summed E-state index contributed by atoms with van der Waals surface area (Å²) in [5.41, 5.74) is 3.51. The van der Waals surface area contributed by atoms with Crippen LogP contribution in [0.3, 0.4) is 0 Å². The maximum absolute atomic E-state index is 13.6. The number of nitrogens with one attached hydrogen (secondary N) is 1. The molecule has 0 radical (unpaired) electrons. The molecule has 2 fully saturated rings. The van der Waals surface area contributed by atoms with Crippen LogP contribution in [-0.4, -0.2) is 83.8 Å². The molecule has 11 heteroatoms. The Kier molecular flexibility index (Phi) is 10.3. The van der Waals surface area contributed by atoms with Gasteiger partial charge in [-0.25, -0.2) is 13.1 Å². The van der Waals surface area contributed by atoms with Crippen molar-refractivity contribution in [2.24, 2.45) is 17.8 Å². The molecule has 9 nitrogen and oxygen atoms in total. The van der Waals surface area contributed by atoms with E-state index >= 15 is 0 Å². The number of carbonyl (C=O) groups is 1. The van der Waals surface area contributed by atoms with Crippen LogP contribution in [0.25, 0.3) is 0 Å². The van der Waals surface area contributed by atoms with Crippen LogP contribution >= 0.6 is 11.6 Å². The molecule has 2 aliphatic carbocycles.